The van der Waals surface area contributed by atoms with Crippen molar-refractivity contribution in [1.29, 1.82) is 0 Å². The molecule has 0 aliphatic heterocycles. The Kier molecular flexibility index (Phi) is 4.99. The summed E-state index contributed by atoms with van der Waals surface area (Å²) >= 11 is 0. The van der Waals surface area contributed by atoms with Gasteiger partial charge in [0.1, 0.15) is 11.5 Å². The standard InChI is InChI=1S/C21H16O5/c1-3-20(23)26-21-17-12-8-7-11-16(17)18(24-14(2)22)13-19(21)25-15-9-5-4-6-10-15/h3-13H,1H2,2H3. The van der Waals surface area contributed by atoms with Crippen LogP contribution in [0.4, 0.5) is 0 Å². The molecule has 0 unspecified atom stereocenters. The van der Waals surface area contributed by atoms with E-state index in [2.05, 4.69) is 6.58 Å². The van der Waals surface area contributed by atoms with Gasteiger partial charge in [-0.15, -0.1) is 0 Å². The van der Waals surface area contributed by atoms with Crippen molar-refractivity contribution in [3.63, 3.8) is 0 Å². The van der Waals surface area contributed by atoms with Crippen molar-refractivity contribution >= 4 is 22.7 Å². The van der Waals surface area contributed by atoms with E-state index >= 15 is 0 Å². The van der Waals surface area contributed by atoms with E-state index in [0.717, 1.165) is 6.08 Å². The van der Waals surface area contributed by atoms with E-state index in [-0.39, 0.29) is 11.5 Å². The highest BCUT2D eigenvalue weighted by molar-refractivity contribution is 5.99. The fourth-order valence-corrected chi connectivity index (χ4v) is 2.47. The number of benzene rings is 3. The van der Waals surface area contributed by atoms with Gasteiger partial charge in [-0.3, -0.25) is 4.79 Å². The molecule has 3 aromatic rings. The van der Waals surface area contributed by atoms with E-state index in [4.69, 9.17) is 14.2 Å². The van der Waals surface area contributed by atoms with Crippen LogP contribution < -0.4 is 14.2 Å². The lowest BCUT2D eigenvalue weighted by molar-refractivity contribution is -0.132. The molecular weight excluding hydrogens is 332 g/mol. The SMILES string of the molecule is C=CC(=O)Oc1c(Oc2ccccc2)cc(OC(C)=O)c2ccccc12. The van der Waals surface area contributed by atoms with Gasteiger partial charge in [0.2, 0.25) is 0 Å². The average Bonchev–Trinajstić information content (AvgIpc) is 2.65. The first kappa shape index (κ1) is 17.2. The van der Waals surface area contributed by atoms with Crippen molar-refractivity contribution in [3.05, 3.63) is 73.3 Å². The van der Waals surface area contributed by atoms with E-state index < -0.39 is 11.9 Å². The molecule has 3 rings (SSSR count). The van der Waals surface area contributed by atoms with Crippen LogP contribution in [0, 0.1) is 0 Å². The zero-order valence-corrected chi connectivity index (χ0v) is 14.1. The van der Waals surface area contributed by atoms with Crippen LogP contribution >= 0.6 is 0 Å². The van der Waals surface area contributed by atoms with Gasteiger partial charge >= 0.3 is 11.9 Å². The van der Waals surface area contributed by atoms with Crippen molar-refractivity contribution in [2.75, 3.05) is 0 Å². The molecule has 26 heavy (non-hydrogen) atoms. The molecule has 0 amide bonds. The quantitative estimate of drug-likeness (QED) is 0.382. The van der Waals surface area contributed by atoms with Crippen LogP contribution in [0.2, 0.25) is 0 Å². The Morgan fingerprint density at radius 2 is 1.54 bits per heavy atom. The summed E-state index contributed by atoms with van der Waals surface area (Å²) in [5.41, 5.74) is 0. The number of esters is 2. The molecule has 130 valence electrons. The van der Waals surface area contributed by atoms with Crippen LogP contribution in [0.15, 0.2) is 73.3 Å². The molecule has 0 N–H and O–H groups in total. The number of carbonyl (C=O) groups excluding carboxylic acids is 2. The highest BCUT2D eigenvalue weighted by Gasteiger charge is 2.19. The molecule has 5 heteroatoms. The smallest absolute Gasteiger partial charge is 0.335 e. The maximum absolute atomic E-state index is 11.8. The third kappa shape index (κ3) is 3.72. The Bertz CT molecular complexity index is 976. The summed E-state index contributed by atoms with van der Waals surface area (Å²) in [5, 5.41) is 1.20. The van der Waals surface area contributed by atoms with Gasteiger partial charge in [0.25, 0.3) is 0 Å². The Balaban J connectivity index is 2.21. The van der Waals surface area contributed by atoms with Crippen molar-refractivity contribution in [1.82, 2.24) is 0 Å². The summed E-state index contributed by atoms with van der Waals surface area (Å²) in [4.78, 5) is 23.3. The second-order valence-electron chi connectivity index (χ2n) is 5.38. The van der Waals surface area contributed by atoms with Gasteiger partial charge in [0.05, 0.1) is 0 Å². The number of hydrogen-bond donors (Lipinski definition) is 0. The molecule has 3 aromatic carbocycles. The number of ether oxygens (including phenoxy) is 3. The summed E-state index contributed by atoms with van der Waals surface area (Å²) in [6, 6.07) is 17.7. The van der Waals surface area contributed by atoms with Crippen LogP contribution in [-0.2, 0) is 9.59 Å². The summed E-state index contributed by atoms with van der Waals surface area (Å²) < 4.78 is 16.6. The first-order valence-electron chi connectivity index (χ1n) is 7.90. The van der Waals surface area contributed by atoms with E-state index in [1.54, 1.807) is 36.4 Å². The van der Waals surface area contributed by atoms with E-state index in [1.807, 2.05) is 18.2 Å². The molecule has 0 spiro atoms. The molecule has 0 aliphatic rings. The van der Waals surface area contributed by atoms with Crippen molar-refractivity contribution in [3.8, 4) is 23.0 Å². The summed E-state index contributed by atoms with van der Waals surface area (Å²) in [5.74, 6) is 0.265. The van der Waals surface area contributed by atoms with E-state index in [9.17, 15) is 9.59 Å². The molecule has 0 bridgehead atoms. The Morgan fingerprint density at radius 3 is 2.19 bits per heavy atom. The predicted molar refractivity (Wildman–Crippen MR) is 97.6 cm³/mol. The summed E-state index contributed by atoms with van der Waals surface area (Å²) in [7, 11) is 0. The number of hydrogen-bond acceptors (Lipinski definition) is 5. The summed E-state index contributed by atoms with van der Waals surface area (Å²) in [6.07, 6.45) is 1.07. The lowest BCUT2D eigenvalue weighted by Crippen LogP contribution is -2.07. The minimum Gasteiger partial charge on any atom is -0.453 e. The Morgan fingerprint density at radius 1 is 0.885 bits per heavy atom. The molecule has 0 radical (unpaired) electrons. The van der Waals surface area contributed by atoms with Gasteiger partial charge in [-0.1, -0.05) is 49.0 Å². The fraction of sp³-hybridized carbons (Fsp3) is 0.0476. The van der Waals surface area contributed by atoms with E-state index in [0.29, 0.717) is 22.3 Å². The third-order valence-electron chi connectivity index (χ3n) is 3.52. The van der Waals surface area contributed by atoms with Gasteiger partial charge in [-0.05, 0) is 12.1 Å². The monoisotopic (exact) mass is 348 g/mol. The normalized spacial score (nSPS) is 10.2. The molecule has 0 aromatic heterocycles. The predicted octanol–water partition coefficient (Wildman–Crippen LogP) is 4.65. The van der Waals surface area contributed by atoms with Gasteiger partial charge in [-0.25, -0.2) is 4.79 Å². The summed E-state index contributed by atoms with van der Waals surface area (Å²) in [6.45, 7) is 4.74. The second-order valence-corrected chi connectivity index (χ2v) is 5.38. The van der Waals surface area contributed by atoms with Gasteiger partial charge in [0, 0.05) is 29.8 Å². The first-order valence-corrected chi connectivity index (χ1v) is 7.90. The minimum absolute atomic E-state index is 0.227. The fourth-order valence-electron chi connectivity index (χ4n) is 2.47. The third-order valence-corrected chi connectivity index (χ3v) is 3.52. The van der Waals surface area contributed by atoms with Crippen molar-refractivity contribution < 1.29 is 23.8 Å². The maximum atomic E-state index is 11.8. The molecule has 0 fully saturated rings. The molecule has 0 saturated carbocycles. The van der Waals surface area contributed by atoms with Crippen LogP contribution in [0.1, 0.15) is 6.92 Å². The lowest BCUT2D eigenvalue weighted by Gasteiger charge is -2.16. The van der Waals surface area contributed by atoms with Crippen LogP contribution in [0.5, 0.6) is 23.0 Å². The van der Waals surface area contributed by atoms with Gasteiger partial charge in [-0.2, -0.15) is 0 Å². The molecule has 0 heterocycles. The largest absolute Gasteiger partial charge is 0.453 e. The van der Waals surface area contributed by atoms with Crippen molar-refractivity contribution in [2.45, 2.75) is 6.92 Å². The lowest BCUT2D eigenvalue weighted by atomic mass is 10.1. The number of para-hydroxylation sites is 1. The molecule has 0 saturated heterocycles. The first-order chi connectivity index (χ1) is 12.6. The zero-order chi connectivity index (χ0) is 18.5. The van der Waals surface area contributed by atoms with Crippen LogP contribution in [0.25, 0.3) is 10.8 Å². The van der Waals surface area contributed by atoms with Crippen LogP contribution in [-0.4, -0.2) is 11.9 Å². The van der Waals surface area contributed by atoms with Gasteiger partial charge < -0.3 is 14.2 Å². The highest BCUT2D eigenvalue weighted by Crippen LogP contribution is 2.43. The zero-order valence-electron chi connectivity index (χ0n) is 14.1. The second kappa shape index (κ2) is 7.53. The topological polar surface area (TPSA) is 61.8 Å². The van der Waals surface area contributed by atoms with Crippen molar-refractivity contribution in [2.24, 2.45) is 0 Å². The number of carbonyl (C=O) groups is 2. The molecule has 0 aliphatic carbocycles. The molecule has 0 atom stereocenters. The molecule has 5 nitrogen and oxygen atoms in total. The highest BCUT2D eigenvalue weighted by atomic mass is 16.6. The van der Waals surface area contributed by atoms with Gasteiger partial charge in [0.15, 0.2) is 11.5 Å². The van der Waals surface area contributed by atoms with Crippen LogP contribution in [0.3, 0.4) is 0 Å². The molecular formula is C21H16O5. The Labute approximate surface area is 150 Å². The minimum atomic E-state index is -0.617. The Hall–Kier alpha value is -3.60. The maximum Gasteiger partial charge on any atom is 0.335 e. The number of rotatable bonds is 5. The number of fused-ring (bicyclic) bond motifs is 1. The van der Waals surface area contributed by atoms with E-state index in [1.165, 1.54) is 13.0 Å². The average molecular weight is 348 g/mol.